The predicted molar refractivity (Wildman–Crippen MR) is 82.5 cm³/mol. The Kier molecular flexibility index (Phi) is 2.82. The molecule has 0 saturated carbocycles. The molecule has 2 aromatic rings. The number of halogens is 1. The van der Waals surface area contributed by atoms with Crippen LogP contribution in [-0.2, 0) is 5.41 Å². The molecular weight excluding hydrogens is 302 g/mol. The second-order valence-corrected chi connectivity index (χ2v) is 6.27. The van der Waals surface area contributed by atoms with Crippen molar-refractivity contribution in [2.24, 2.45) is 0 Å². The van der Waals surface area contributed by atoms with E-state index in [4.69, 9.17) is 4.74 Å². The molecule has 0 atom stereocenters. The van der Waals surface area contributed by atoms with Crippen LogP contribution >= 0.6 is 15.9 Å². The van der Waals surface area contributed by atoms with Crippen molar-refractivity contribution in [2.75, 3.05) is 12.4 Å². The van der Waals surface area contributed by atoms with Gasteiger partial charge in [0.1, 0.15) is 5.75 Å². The molecule has 1 heterocycles. The second kappa shape index (κ2) is 4.27. The van der Waals surface area contributed by atoms with E-state index in [9.17, 15) is 0 Å². The zero-order valence-electron chi connectivity index (χ0n) is 11.3. The largest absolute Gasteiger partial charge is 0.497 e. The van der Waals surface area contributed by atoms with E-state index < -0.39 is 0 Å². The van der Waals surface area contributed by atoms with Gasteiger partial charge in [0, 0.05) is 27.3 Å². The Morgan fingerprint density at radius 1 is 1.00 bits per heavy atom. The van der Waals surface area contributed by atoms with E-state index in [0.717, 1.165) is 21.6 Å². The highest BCUT2D eigenvalue weighted by Crippen LogP contribution is 2.46. The average molecular weight is 318 g/mol. The molecule has 1 aliphatic rings. The number of hydrogen-bond acceptors (Lipinski definition) is 2. The monoisotopic (exact) mass is 317 g/mol. The van der Waals surface area contributed by atoms with Crippen LogP contribution in [0.1, 0.15) is 25.0 Å². The summed E-state index contributed by atoms with van der Waals surface area (Å²) in [5.41, 5.74) is 4.86. The third kappa shape index (κ3) is 1.93. The first kappa shape index (κ1) is 12.5. The molecule has 3 heteroatoms. The van der Waals surface area contributed by atoms with Crippen LogP contribution in [-0.4, -0.2) is 7.11 Å². The highest BCUT2D eigenvalue weighted by molar-refractivity contribution is 9.10. The smallest absolute Gasteiger partial charge is 0.120 e. The number of methoxy groups -OCH3 is 1. The summed E-state index contributed by atoms with van der Waals surface area (Å²) in [5, 5.41) is 3.50. The molecule has 0 aliphatic carbocycles. The molecule has 0 saturated heterocycles. The maximum Gasteiger partial charge on any atom is 0.120 e. The Bertz CT molecular complexity index is 649. The van der Waals surface area contributed by atoms with Crippen LogP contribution in [0.4, 0.5) is 11.4 Å². The van der Waals surface area contributed by atoms with Gasteiger partial charge in [0.05, 0.1) is 7.11 Å². The molecule has 0 amide bonds. The molecule has 0 bridgehead atoms. The van der Waals surface area contributed by atoms with Crippen LogP contribution in [0.15, 0.2) is 40.9 Å². The highest BCUT2D eigenvalue weighted by atomic mass is 79.9. The first-order chi connectivity index (χ1) is 9.02. The topological polar surface area (TPSA) is 21.3 Å². The number of benzene rings is 2. The van der Waals surface area contributed by atoms with Gasteiger partial charge in [0.15, 0.2) is 0 Å². The van der Waals surface area contributed by atoms with Gasteiger partial charge in [-0.1, -0.05) is 35.8 Å². The Morgan fingerprint density at radius 2 is 1.79 bits per heavy atom. The summed E-state index contributed by atoms with van der Waals surface area (Å²) < 4.78 is 6.42. The molecule has 2 nitrogen and oxygen atoms in total. The molecule has 3 rings (SSSR count). The lowest BCUT2D eigenvalue weighted by molar-refractivity contribution is 0.414. The zero-order chi connectivity index (χ0) is 13.6. The Balaban J connectivity index is 2.21. The van der Waals surface area contributed by atoms with Crippen molar-refractivity contribution in [2.45, 2.75) is 19.3 Å². The van der Waals surface area contributed by atoms with Gasteiger partial charge in [0.25, 0.3) is 0 Å². The molecule has 0 aromatic heterocycles. The van der Waals surface area contributed by atoms with Gasteiger partial charge in [-0.3, -0.25) is 0 Å². The van der Waals surface area contributed by atoms with E-state index in [0.29, 0.717) is 0 Å². The van der Waals surface area contributed by atoms with Gasteiger partial charge in [-0.05, 0) is 35.4 Å². The minimum Gasteiger partial charge on any atom is -0.497 e. The van der Waals surface area contributed by atoms with Crippen molar-refractivity contribution in [3.63, 3.8) is 0 Å². The van der Waals surface area contributed by atoms with Gasteiger partial charge in [-0.2, -0.15) is 0 Å². The Hall–Kier alpha value is -1.48. The van der Waals surface area contributed by atoms with E-state index in [1.165, 1.54) is 11.1 Å². The lowest BCUT2D eigenvalue weighted by Crippen LogP contribution is -2.25. The maximum atomic E-state index is 5.31. The van der Waals surface area contributed by atoms with Crippen molar-refractivity contribution in [1.29, 1.82) is 0 Å². The highest BCUT2D eigenvalue weighted by Gasteiger charge is 2.32. The van der Waals surface area contributed by atoms with Crippen LogP contribution in [0.2, 0.25) is 0 Å². The van der Waals surface area contributed by atoms with Gasteiger partial charge in [-0.15, -0.1) is 0 Å². The van der Waals surface area contributed by atoms with E-state index in [1.54, 1.807) is 7.11 Å². The average Bonchev–Trinajstić information content (AvgIpc) is 2.39. The minimum absolute atomic E-state index is 0.0219. The van der Waals surface area contributed by atoms with Crippen LogP contribution in [0.3, 0.4) is 0 Å². The van der Waals surface area contributed by atoms with Crippen LogP contribution < -0.4 is 10.1 Å². The van der Waals surface area contributed by atoms with Crippen LogP contribution in [0.5, 0.6) is 5.75 Å². The first-order valence-corrected chi connectivity index (χ1v) is 7.07. The predicted octanol–water partition coefficient (Wildman–Crippen LogP) is 4.84. The summed E-state index contributed by atoms with van der Waals surface area (Å²) in [4.78, 5) is 0. The first-order valence-electron chi connectivity index (χ1n) is 6.28. The van der Waals surface area contributed by atoms with Gasteiger partial charge >= 0.3 is 0 Å². The van der Waals surface area contributed by atoms with Crippen LogP contribution in [0, 0.1) is 0 Å². The Morgan fingerprint density at radius 3 is 2.53 bits per heavy atom. The van der Waals surface area contributed by atoms with Gasteiger partial charge in [0.2, 0.25) is 0 Å². The molecule has 19 heavy (non-hydrogen) atoms. The Labute approximate surface area is 121 Å². The lowest BCUT2D eigenvalue weighted by Gasteiger charge is -2.36. The van der Waals surface area contributed by atoms with Crippen molar-refractivity contribution in [3.05, 3.63) is 52.0 Å². The standard InChI is InChI=1S/C16H16BrNO/c1-16(2)12-6-5-11(19-3)9-15(12)18-14-7-4-10(17)8-13(14)16/h4-9,18H,1-3H3. The molecule has 0 fully saturated rings. The summed E-state index contributed by atoms with van der Waals surface area (Å²) in [5.74, 6) is 0.877. The van der Waals surface area contributed by atoms with Crippen molar-refractivity contribution >= 4 is 27.3 Å². The quantitative estimate of drug-likeness (QED) is 0.812. The van der Waals surface area contributed by atoms with Crippen molar-refractivity contribution in [3.8, 4) is 5.75 Å². The normalized spacial score (nSPS) is 15.2. The van der Waals surface area contributed by atoms with Gasteiger partial charge < -0.3 is 10.1 Å². The summed E-state index contributed by atoms with van der Waals surface area (Å²) >= 11 is 3.56. The third-order valence-electron chi connectivity index (χ3n) is 3.82. The third-order valence-corrected chi connectivity index (χ3v) is 4.32. The molecule has 0 radical (unpaired) electrons. The number of ether oxygens (including phenoxy) is 1. The zero-order valence-corrected chi connectivity index (χ0v) is 12.8. The fourth-order valence-electron chi connectivity index (χ4n) is 2.73. The molecule has 0 unspecified atom stereocenters. The SMILES string of the molecule is COc1ccc2c(c1)Nc1ccc(Br)cc1C2(C)C. The number of hydrogen-bond donors (Lipinski definition) is 1. The number of anilines is 2. The van der Waals surface area contributed by atoms with E-state index in [2.05, 4.69) is 65.4 Å². The molecule has 0 spiro atoms. The molecule has 1 N–H and O–H groups in total. The number of nitrogens with one attached hydrogen (secondary N) is 1. The molecule has 2 aromatic carbocycles. The molecule has 1 aliphatic heterocycles. The fourth-order valence-corrected chi connectivity index (χ4v) is 3.09. The number of fused-ring (bicyclic) bond motifs is 2. The van der Waals surface area contributed by atoms with E-state index in [1.807, 2.05) is 6.07 Å². The minimum atomic E-state index is -0.0219. The van der Waals surface area contributed by atoms with Gasteiger partial charge in [-0.25, -0.2) is 0 Å². The maximum absolute atomic E-state index is 5.31. The number of rotatable bonds is 1. The fraction of sp³-hybridized carbons (Fsp3) is 0.250. The summed E-state index contributed by atoms with van der Waals surface area (Å²) in [6, 6.07) is 12.6. The molecule has 98 valence electrons. The van der Waals surface area contributed by atoms with Crippen molar-refractivity contribution < 1.29 is 4.74 Å². The van der Waals surface area contributed by atoms with Crippen LogP contribution in [0.25, 0.3) is 0 Å². The summed E-state index contributed by atoms with van der Waals surface area (Å²) in [6.45, 7) is 4.51. The summed E-state index contributed by atoms with van der Waals surface area (Å²) in [7, 11) is 1.70. The van der Waals surface area contributed by atoms with E-state index >= 15 is 0 Å². The lowest BCUT2D eigenvalue weighted by atomic mass is 9.74. The van der Waals surface area contributed by atoms with E-state index in [-0.39, 0.29) is 5.41 Å². The van der Waals surface area contributed by atoms with Crippen molar-refractivity contribution in [1.82, 2.24) is 0 Å². The summed E-state index contributed by atoms with van der Waals surface area (Å²) in [6.07, 6.45) is 0. The second-order valence-electron chi connectivity index (χ2n) is 5.35. The molecular formula is C16H16BrNO.